The summed E-state index contributed by atoms with van der Waals surface area (Å²) in [7, 11) is 0. The Kier molecular flexibility index (Phi) is 5.97. The first-order valence-electron chi connectivity index (χ1n) is 9.61. The Bertz CT molecular complexity index is 882. The van der Waals surface area contributed by atoms with Gasteiger partial charge in [0.2, 0.25) is 5.91 Å². The van der Waals surface area contributed by atoms with Crippen molar-refractivity contribution in [2.45, 2.75) is 45.2 Å². The van der Waals surface area contributed by atoms with Gasteiger partial charge in [-0.05, 0) is 60.6 Å². The van der Waals surface area contributed by atoms with Crippen molar-refractivity contribution in [2.24, 2.45) is 5.92 Å². The molecule has 2 aromatic carbocycles. The van der Waals surface area contributed by atoms with Crippen molar-refractivity contribution in [3.05, 3.63) is 65.0 Å². The van der Waals surface area contributed by atoms with Crippen molar-refractivity contribution in [2.75, 3.05) is 5.73 Å². The Balaban J connectivity index is 1.74. The number of carbonyl (C=O) groups is 2. The summed E-state index contributed by atoms with van der Waals surface area (Å²) < 4.78 is 13.9. The van der Waals surface area contributed by atoms with Crippen LogP contribution in [0.5, 0.6) is 0 Å². The Hall–Kier alpha value is -2.89. The third kappa shape index (κ3) is 4.32. The summed E-state index contributed by atoms with van der Waals surface area (Å²) >= 11 is 0. The second-order valence-electron chi connectivity index (χ2n) is 7.59. The van der Waals surface area contributed by atoms with Crippen LogP contribution in [0.2, 0.25) is 0 Å². The van der Waals surface area contributed by atoms with Crippen molar-refractivity contribution in [1.29, 1.82) is 0 Å². The van der Waals surface area contributed by atoms with E-state index in [1.54, 1.807) is 6.07 Å². The number of aryl methyl sites for hydroxylation is 1. The number of fused-ring (bicyclic) bond motifs is 1. The Morgan fingerprint density at radius 1 is 1.18 bits per heavy atom. The molecule has 2 atom stereocenters. The Morgan fingerprint density at radius 3 is 2.64 bits per heavy atom. The molecule has 0 radical (unpaired) electrons. The molecular formula is C22H26FN3O2. The summed E-state index contributed by atoms with van der Waals surface area (Å²) in [5.74, 6) is -1.62. The standard InChI is InChI=1S/C22H26FN3O2/c1-13(2)20(26-21(27)17-7-3-4-8-18(17)23)22(28)25-19-9-5-6-14-12-15(24)10-11-16(14)19/h3-4,7-8,10-13,19-20H,5-6,9,24H2,1-2H3,(H,25,28)(H,26,27). The molecule has 4 N–H and O–H groups in total. The molecule has 0 spiro atoms. The van der Waals surface area contributed by atoms with Crippen molar-refractivity contribution < 1.29 is 14.0 Å². The van der Waals surface area contributed by atoms with Gasteiger partial charge in [0.05, 0.1) is 11.6 Å². The van der Waals surface area contributed by atoms with Gasteiger partial charge in [0, 0.05) is 5.69 Å². The summed E-state index contributed by atoms with van der Waals surface area (Å²) in [4.78, 5) is 25.4. The zero-order valence-electron chi connectivity index (χ0n) is 16.2. The smallest absolute Gasteiger partial charge is 0.254 e. The lowest BCUT2D eigenvalue weighted by atomic mass is 9.87. The Morgan fingerprint density at radius 2 is 1.93 bits per heavy atom. The third-order valence-corrected chi connectivity index (χ3v) is 5.15. The Labute approximate surface area is 164 Å². The number of carbonyl (C=O) groups excluding carboxylic acids is 2. The van der Waals surface area contributed by atoms with Crippen LogP contribution in [0.1, 0.15) is 54.2 Å². The van der Waals surface area contributed by atoms with Crippen molar-refractivity contribution in [1.82, 2.24) is 10.6 Å². The molecule has 2 amide bonds. The normalized spacial score (nSPS) is 16.9. The first kappa shape index (κ1) is 19.9. The maximum atomic E-state index is 13.9. The summed E-state index contributed by atoms with van der Waals surface area (Å²) in [6.07, 6.45) is 2.72. The lowest BCUT2D eigenvalue weighted by Crippen LogP contribution is -2.50. The van der Waals surface area contributed by atoms with E-state index in [-0.39, 0.29) is 23.4 Å². The van der Waals surface area contributed by atoms with Crippen LogP contribution < -0.4 is 16.4 Å². The highest BCUT2D eigenvalue weighted by Crippen LogP contribution is 2.31. The highest BCUT2D eigenvalue weighted by atomic mass is 19.1. The lowest BCUT2D eigenvalue weighted by Gasteiger charge is -2.29. The molecule has 0 saturated heterocycles. The molecule has 148 valence electrons. The average Bonchev–Trinajstić information content (AvgIpc) is 2.65. The zero-order chi connectivity index (χ0) is 20.3. The number of hydrogen-bond acceptors (Lipinski definition) is 3. The molecule has 0 saturated carbocycles. The maximum absolute atomic E-state index is 13.9. The van der Waals surface area contributed by atoms with E-state index >= 15 is 0 Å². The SMILES string of the molecule is CC(C)C(NC(=O)c1ccccc1F)C(=O)NC1CCCc2cc(N)ccc21. The predicted octanol–water partition coefficient (Wildman–Crippen LogP) is 3.36. The average molecular weight is 383 g/mol. The molecule has 0 heterocycles. The number of halogens is 1. The molecule has 2 aromatic rings. The fraction of sp³-hybridized carbons (Fsp3) is 0.364. The largest absolute Gasteiger partial charge is 0.399 e. The topological polar surface area (TPSA) is 84.2 Å². The van der Waals surface area contributed by atoms with Crippen LogP contribution in [0.25, 0.3) is 0 Å². The van der Waals surface area contributed by atoms with Crippen LogP contribution in [0.15, 0.2) is 42.5 Å². The molecule has 2 unspecified atom stereocenters. The number of anilines is 1. The molecule has 28 heavy (non-hydrogen) atoms. The van der Waals surface area contributed by atoms with Gasteiger partial charge in [-0.2, -0.15) is 0 Å². The second kappa shape index (κ2) is 8.42. The van der Waals surface area contributed by atoms with Gasteiger partial charge in [-0.15, -0.1) is 0 Å². The quantitative estimate of drug-likeness (QED) is 0.692. The summed E-state index contributed by atoms with van der Waals surface area (Å²) in [5, 5.41) is 5.74. The monoisotopic (exact) mass is 383 g/mol. The molecule has 5 nitrogen and oxygen atoms in total. The van der Waals surface area contributed by atoms with E-state index in [1.165, 1.54) is 18.2 Å². The van der Waals surface area contributed by atoms with Gasteiger partial charge in [0.15, 0.2) is 0 Å². The van der Waals surface area contributed by atoms with Crippen LogP contribution in [0, 0.1) is 11.7 Å². The summed E-state index contributed by atoms with van der Waals surface area (Å²) in [6.45, 7) is 3.70. The van der Waals surface area contributed by atoms with Crippen LogP contribution >= 0.6 is 0 Å². The number of rotatable bonds is 5. The van der Waals surface area contributed by atoms with E-state index < -0.39 is 17.8 Å². The van der Waals surface area contributed by atoms with E-state index in [9.17, 15) is 14.0 Å². The predicted molar refractivity (Wildman–Crippen MR) is 107 cm³/mol. The van der Waals surface area contributed by atoms with E-state index in [2.05, 4.69) is 10.6 Å². The molecule has 0 bridgehead atoms. The highest BCUT2D eigenvalue weighted by Gasteiger charge is 2.29. The molecular weight excluding hydrogens is 357 g/mol. The summed E-state index contributed by atoms with van der Waals surface area (Å²) in [5.41, 5.74) is 8.73. The molecule has 0 aromatic heterocycles. The van der Waals surface area contributed by atoms with Crippen LogP contribution in [0.3, 0.4) is 0 Å². The van der Waals surface area contributed by atoms with Crippen molar-refractivity contribution in [3.8, 4) is 0 Å². The van der Waals surface area contributed by atoms with Gasteiger partial charge in [0.25, 0.3) is 5.91 Å². The van der Waals surface area contributed by atoms with E-state index in [0.717, 1.165) is 30.4 Å². The number of nitrogens with one attached hydrogen (secondary N) is 2. The minimum absolute atomic E-state index is 0.0700. The first-order chi connectivity index (χ1) is 13.4. The number of benzene rings is 2. The van der Waals surface area contributed by atoms with E-state index in [1.807, 2.05) is 32.0 Å². The van der Waals surface area contributed by atoms with Crippen LogP contribution in [0.4, 0.5) is 10.1 Å². The molecule has 6 heteroatoms. The second-order valence-corrected chi connectivity index (χ2v) is 7.59. The minimum Gasteiger partial charge on any atom is -0.399 e. The number of nitrogens with two attached hydrogens (primary N) is 1. The first-order valence-corrected chi connectivity index (χ1v) is 9.61. The number of nitrogen functional groups attached to an aromatic ring is 1. The highest BCUT2D eigenvalue weighted by molar-refractivity contribution is 5.97. The van der Waals surface area contributed by atoms with Crippen molar-refractivity contribution in [3.63, 3.8) is 0 Å². The molecule has 3 rings (SSSR count). The van der Waals surface area contributed by atoms with Gasteiger partial charge >= 0.3 is 0 Å². The molecule has 0 fully saturated rings. The lowest BCUT2D eigenvalue weighted by molar-refractivity contribution is -0.124. The zero-order valence-corrected chi connectivity index (χ0v) is 16.2. The number of amides is 2. The van der Waals surface area contributed by atoms with Gasteiger partial charge in [-0.1, -0.05) is 32.0 Å². The van der Waals surface area contributed by atoms with Gasteiger partial charge in [-0.3, -0.25) is 9.59 Å². The molecule has 0 aliphatic heterocycles. The fourth-order valence-electron chi connectivity index (χ4n) is 3.64. The number of hydrogen-bond donors (Lipinski definition) is 3. The summed E-state index contributed by atoms with van der Waals surface area (Å²) in [6, 6.07) is 10.6. The van der Waals surface area contributed by atoms with E-state index in [4.69, 9.17) is 5.73 Å². The van der Waals surface area contributed by atoms with Gasteiger partial charge in [0.1, 0.15) is 11.9 Å². The molecule has 1 aliphatic rings. The molecule has 1 aliphatic carbocycles. The van der Waals surface area contributed by atoms with Crippen LogP contribution in [-0.2, 0) is 11.2 Å². The third-order valence-electron chi connectivity index (χ3n) is 5.15. The van der Waals surface area contributed by atoms with Gasteiger partial charge < -0.3 is 16.4 Å². The van der Waals surface area contributed by atoms with Crippen molar-refractivity contribution >= 4 is 17.5 Å². The van der Waals surface area contributed by atoms with E-state index in [0.29, 0.717) is 5.69 Å². The van der Waals surface area contributed by atoms with Gasteiger partial charge in [-0.25, -0.2) is 4.39 Å². The minimum atomic E-state index is -0.758. The van der Waals surface area contributed by atoms with Crippen LogP contribution in [-0.4, -0.2) is 17.9 Å². The fourth-order valence-corrected chi connectivity index (χ4v) is 3.64. The maximum Gasteiger partial charge on any atom is 0.254 e.